The fraction of sp³-hybridized carbons (Fsp3) is 0.923. The van der Waals surface area contributed by atoms with Gasteiger partial charge in [0.25, 0.3) is 0 Å². The van der Waals surface area contributed by atoms with Crippen molar-refractivity contribution in [2.75, 3.05) is 19.8 Å². The molecular weight excluding hydrogens is 202 g/mol. The molecule has 0 fully saturated rings. The molecule has 0 aliphatic rings. The van der Waals surface area contributed by atoms with E-state index in [0.29, 0.717) is 18.6 Å². The zero-order valence-electron chi connectivity index (χ0n) is 11.5. The third kappa shape index (κ3) is 5.50. The van der Waals surface area contributed by atoms with Crippen LogP contribution in [0, 0.1) is 5.92 Å². The normalized spacial score (nSPS) is 11.2. The molecule has 0 unspecified atom stereocenters. The molecule has 0 radical (unpaired) electrons. The summed E-state index contributed by atoms with van der Waals surface area (Å²) in [6.07, 6.45) is 2.03. The van der Waals surface area contributed by atoms with E-state index in [1.807, 2.05) is 11.8 Å². The SMILES string of the molecule is CCOCC(=O)N(CC(C)C)C(CC)CC. The van der Waals surface area contributed by atoms with Gasteiger partial charge in [0, 0.05) is 19.2 Å². The summed E-state index contributed by atoms with van der Waals surface area (Å²) >= 11 is 0. The Balaban J connectivity index is 4.44. The minimum atomic E-state index is 0.129. The highest BCUT2D eigenvalue weighted by molar-refractivity contribution is 5.77. The van der Waals surface area contributed by atoms with Gasteiger partial charge in [-0.15, -0.1) is 0 Å². The lowest BCUT2D eigenvalue weighted by Crippen LogP contribution is -2.43. The van der Waals surface area contributed by atoms with Crippen molar-refractivity contribution in [2.45, 2.75) is 53.5 Å². The highest BCUT2D eigenvalue weighted by atomic mass is 16.5. The van der Waals surface area contributed by atoms with E-state index >= 15 is 0 Å². The monoisotopic (exact) mass is 229 g/mol. The van der Waals surface area contributed by atoms with E-state index in [4.69, 9.17) is 4.74 Å². The van der Waals surface area contributed by atoms with Crippen LogP contribution in [0.2, 0.25) is 0 Å². The van der Waals surface area contributed by atoms with Crippen molar-refractivity contribution < 1.29 is 9.53 Å². The van der Waals surface area contributed by atoms with E-state index in [2.05, 4.69) is 27.7 Å². The van der Waals surface area contributed by atoms with Gasteiger partial charge < -0.3 is 9.64 Å². The van der Waals surface area contributed by atoms with E-state index in [9.17, 15) is 4.79 Å². The molecule has 0 saturated carbocycles. The summed E-state index contributed by atoms with van der Waals surface area (Å²) in [5, 5.41) is 0. The van der Waals surface area contributed by atoms with Gasteiger partial charge in [-0.25, -0.2) is 0 Å². The third-order valence-corrected chi connectivity index (χ3v) is 2.70. The molecule has 0 aromatic heterocycles. The van der Waals surface area contributed by atoms with Crippen LogP contribution in [0.1, 0.15) is 47.5 Å². The summed E-state index contributed by atoms with van der Waals surface area (Å²) in [5.41, 5.74) is 0. The predicted octanol–water partition coefficient (Wildman–Crippen LogP) is 2.70. The van der Waals surface area contributed by atoms with Gasteiger partial charge in [-0.2, -0.15) is 0 Å². The van der Waals surface area contributed by atoms with E-state index in [1.165, 1.54) is 0 Å². The Morgan fingerprint density at radius 3 is 2.12 bits per heavy atom. The summed E-state index contributed by atoms with van der Waals surface area (Å²) in [7, 11) is 0. The van der Waals surface area contributed by atoms with Gasteiger partial charge in [-0.05, 0) is 25.7 Å². The van der Waals surface area contributed by atoms with Gasteiger partial charge >= 0.3 is 0 Å². The van der Waals surface area contributed by atoms with Crippen molar-refractivity contribution in [3.63, 3.8) is 0 Å². The van der Waals surface area contributed by atoms with E-state index in [-0.39, 0.29) is 12.5 Å². The Morgan fingerprint density at radius 2 is 1.75 bits per heavy atom. The van der Waals surface area contributed by atoms with Gasteiger partial charge in [0.15, 0.2) is 0 Å². The number of carbonyl (C=O) groups is 1. The quantitative estimate of drug-likeness (QED) is 0.640. The molecule has 0 aliphatic carbocycles. The second-order valence-corrected chi connectivity index (χ2v) is 4.55. The molecule has 0 atom stereocenters. The van der Waals surface area contributed by atoms with Crippen LogP contribution in [0.3, 0.4) is 0 Å². The molecule has 0 bridgehead atoms. The predicted molar refractivity (Wildman–Crippen MR) is 67.4 cm³/mol. The molecule has 0 rings (SSSR count). The van der Waals surface area contributed by atoms with Crippen LogP contribution in [0.15, 0.2) is 0 Å². The molecule has 0 N–H and O–H groups in total. The van der Waals surface area contributed by atoms with Crippen molar-refractivity contribution in [3.8, 4) is 0 Å². The van der Waals surface area contributed by atoms with Crippen molar-refractivity contribution >= 4 is 5.91 Å². The number of ether oxygens (including phenoxy) is 1. The van der Waals surface area contributed by atoms with Crippen molar-refractivity contribution in [2.24, 2.45) is 5.92 Å². The molecule has 0 aromatic rings. The van der Waals surface area contributed by atoms with Crippen LogP contribution < -0.4 is 0 Å². The molecule has 16 heavy (non-hydrogen) atoms. The Kier molecular flexibility index (Phi) is 8.26. The Morgan fingerprint density at radius 1 is 1.19 bits per heavy atom. The van der Waals surface area contributed by atoms with Crippen LogP contribution >= 0.6 is 0 Å². The second kappa shape index (κ2) is 8.57. The molecule has 3 nitrogen and oxygen atoms in total. The highest BCUT2D eigenvalue weighted by Gasteiger charge is 2.21. The first kappa shape index (κ1) is 15.4. The van der Waals surface area contributed by atoms with Crippen LogP contribution in [0.4, 0.5) is 0 Å². The highest BCUT2D eigenvalue weighted by Crippen LogP contribution is 2.12. The van der Waals surface area contributed by atoms with E-state index < -0.39 is 0 Å². The molecule has 96 valence electrons. The molecular formula is C13H27NO2. The maximum atomic E-state index is 12.0. The minimum Gasteiger partial charge on any atom is -0.372 e. The van der Waals surface area contributed by atoms with E-state index in [1.54, 1.807) is 0 Å². The van der Waals surface area contributed by atoms with Crippen LogP contribution in [0.25, 0.3) is 0 Å². The standard InChI is InChI=1S/C13H27NO2/c1-6-12(7-2)14(9-11(4)5)13(15)10-16-8-3/h11-12H,6-10H2,1-5H3. The van der Waals surface area contributed by atoms with Crippen LogP contribution in [-0.4, -0.2) is 36.6 Å². The van der Waals surface area contributed by atoms with Crippen molar-refractivity contribution in [1.82, 2.24) is 4.90 Å². The molecule has 1 amide bonds. The average Bonchev–Trinajstić information content (AvgIpc) is 2.25. The molecule has 0 heterocycles. The smallest absolute Gasteiger partial charge is 0.248 e. The largest absolute Gasteiger partial charge is 0.372 e. The number of carbonyl (C=O) groups excluding carboxylic acids is 1. The molecule has 0 aromatic carbocycles. The van der Waals surface area contributed by atoms with Gasteiger partial charge in [0.1, 0.15) is 6.61 Å². The zero-order chi connectivity index (χ0) is 12.6. The summed E-state index contributed by atoms with van der Waals surface area (Å²) in [5.74, 6) is 0.635. The number of rotatable bonds is 8. The number of hydrogen-bond acceptors (Lipinski definition) is 2. The Bertz CT molecular complexity index is 188. The fourth-order valence-electron chi connectivity index (χ4n) is 1.85. The Labute approximate surface area is 100 Å². The average molecular weight is 229 g/mol. The minimum absolute atomic E-state index is 0.129. The lowest BCUT2D eigenvalue weighted by atomic mass is 10.1. The Hall–Kier alpha value is -0.570. The maximum Gasteiger partial charge on any atom is 0.248 e. The number of nitrogens with zero attached hydrogens (tertiary/aromatic N) is 1. The van der Waals surface area contributed by atoms with Gasteiger partial charge in [-0.3, -0.25) is 4.79 Å². The fourth-order valence-corrected chi connectivity index (χ4v) is 1.85. The van der Waals surface area contributed by atoms with Gasteiger partial charge in [0.2, 0.25) is 5.91 Å². The summed E-state index contributed by atoms with van der Waals surface area (Å²) in [6, 6.07) is 0.357. The van der Waals surface area contributed by atoms with E-state index in [0.717, 1.165) is 19.4 Å². The number of hydrogen-bond donors (Lipinski definition) is 0. The molecule has 0 saturated heterocycles. The lowest BCUT2D eigenvalue weighted by Gasteiger charge is -2.32. The zero-order valence-corrected chi connectivity index (χ0v) is 11.5. The van der Waals surface area contributed by atoms with Crippen molar-refractivity contribution in [3.05, 3.63) is 0 Å². The summed E-state index contributed by atoms with van der Waals surface area (Å²) in [6.45, 7) is 12.1. The molecule has 3 heteroatoms. The van der Waals surface area contributed by atoms with Crippen LogP contribution in [-0.2, 0) is 9.53 Å². The first-order valence-corrected chi connectivity index (χ1v) is 6.43. The number of amides is 1. The molecule has 0 spiro atoms. The summed E-state index contributed by atoms with van der Waals surface area (Å²) in [4.78, 5) is 14.0. The lowest BCUT2D eigenvalue weighted by molar-refractivity contribution is -0.139. The van der Waals surface area contributed by atoms with Gasteiger partial charge in [-0.1, -0.05) is 27.7 Å². The van der Waals surface area contributed by atoms with Crippen molar-refractivity contribution in [1.29, 1.82) is 0 Å². The van der Waals surface area contributed by atoms with Crippen LogP contribution in [0.5, 0.6) is 0 Å². The summed E-state index contributed by atoms with van der Waals surface area (Å²) < 4.78 is 5.21. The topological polar surface area (TPSA) is 29.5 Å². The first-order valence-electron chi connectivity index (χ1n) is 6.43. The second-order valence-electron chi connectivity index (χ2n) is 4.55. The van der Waals surface area contributed by atoms with Gasteiger partial charge in [0.05, 0.1) is 0 Å². The third-order valence-electron chi connectivity index (χ3n) is 2.70. The maximum absolute atomic E-state index is 12.0. The first-order chi connectivity index (χ1) is 7.56. The molecule has 0 aliphatic heterocycles.